The Labute approximate surface area is 205 Å². The molecule has 2 N–H and O–H groups in total. The molecule has 1 fully saturated rings. The molecule has 2 aromatic heterocycles. The van der Waals surface area contributed by atoms with Crippen LogP contribution < -0.4 is 15.5 Å². The fraction of sp³-hybridized carbons (Fsp3) is 0.391. The molecule has 3 aromatic rings. The molecule has 0 saturated carbocycles. The van der Waals surface area contributed by atoms with E-state index in [0.717, 1.165) is 49.7 Å². The Morgan fingerprint density at radius 2 is 2.00 bits per heavy atom. The molecule has 4 rings (SSSR count). The van der Waals surface area contributed by atoms with E-state index in [1.807, 2.05) is 23.5 Å². The van der Waals surface area contributed by atoms with Gasteiger partial charge in [0.05, 0.1) is 11.5 Å². The number of oxazole rings is 1. The summed E-state index contributed by atoms with van der Waals surface area (Å²) in [7, 11) is 0. The first kappa shape index (κ1) is 23.6. The van der Waals surface area contributed by atoms with E-state index in [-0.39, 0.29) is 24.0 Å². The summed E-state index contributed by atoms with van der Waals surface area (Å²) < 4.78 is 5.65. The molecule has 1 aromatic carbocycles. The number of guanidine groups is 1. The number of nitrogens with zero attached hydrogens (tertiary/aromatic N) is 3. The van der Waals surface area contributed by atoms with Gasteiger partial charge in [-0.3, -0.25) is 0 Å². The highest BCUT2D eigenvalue weighted by atomic mass is 127. The van der Waals surface area contributed by atoms with Crippen molar-refractivity contribution in [2.24, 2.45) is 4.99 Å². The molecule has 0 spiro atoms. The van der Waals surface area contributed by atoms with E-state index in [9.17, 15) is 0 Å². The molecular formula is C23H30IN5OS. The zero-order valence-electron chi connectivity index (χ0n) is 18.0. The summed E-state index contributed by atoms with van der Waals surface area (Å²) in [6.07, 6.45) is 3.90. The average molecular weight is 551 g/mol. The Morgan fingerprint density at radius 1 is 1.23 bits per heavy atom. The topological polar surface area (TPSA) is 65.7 Å². The Balaban J connectivity index is 0.00000272. The first-order chi connectivity index (χ1) is 14.7. The third-order valence-corrected chi connectivity index (χ3v) is 6.18. The summed E-state index contributed by atoms with van der Waals surface area (Å²) >= 11 is 1.81. The fourth-order valence-corrected chi connectivity index (χ4v) is 4.36. The minimum absolute atomic E-state index is 0. The normalized spacial score (nSPS) is 14.9. The maximum atomic E-state index is 5.65. The number of hydrogen-bond acceptors (Lipinski definition) is 5. The van der Waals surface area contributed by atoms with Gasteiger partial charge in [0.1, 0.15) is 12.0 Å². The van der Waals surface area contributed by atoms with Crippen LogP contribution in [0.4, 0.5) is 5.00 Å². The van der Waals surface area contributed by atoms with E-state index in [2.05, 4.69) is 64.0 Å². The Hall–Kier alpha value is -2.07. The first-order valence-corrected chi connectivity index (χ1v) is 11.4. The second kappa shape index (κ2) is 11.5. The number of benzene rings is 1. The van der Waals surface area contributed by atoms with E-state index in [1.54, 1.807) is 6.26 Å². The number of anilines is 1. The lowest BCUT2D eigenvalue weighted by atomic mass is 10.1. The molecule has 166 valence electrons. The van der Waals surface area contributed by atoms with Gasteiger partial charge in [-0.15, -0.1) is 35.3 Å². The number of halogens is 1. The second-order valence-electron chi connectivity index (χ2n) is 7.56. The number of hydrogen-bond donors (Lipinski definition) is 2. The van der Waals surface area contributed by atoms with E-state index < -0.39 is 0 Å². The highest BCUT2D eigenvalue weighted by Crippen LogP contribution is 2.25. The third-order valence-electron chi connectivity index (χ3n) is 5.25. The van der Waals surface area contributed by atoms with Crippen LogP contribution in [0.2, 0.25) is 0 Å². The maximum Gasteiger partial charge on any atom is 0.226 e. The van der Waals surface area contributed by atoms with Crippen molar-refractivity contribution in [2.75, 3.05) is 24.5 Å². The van der Waals surface area contributed by atoms with Crippen molar-refractivity contribution in [3.05, 3.63) is 59.3 Å². The molecule has 0 bridgehead atoms. The van der Waals surface area contributed by atoms with Gasteiger partial charge < -0.3 is 20.0 Å². The number of nitrogens with one attached hydrogen (secondary N) is 2. The maximum absolute atomic E-state index is 5.65. The van der Waals surface area contributed by atoms with Crippen LogP contribution in [-0.2, 0) is 6.54 Å². The number of rotatable bonds is 6. The van der Waals surface area contributed by atoms with Crippen molar-refractivity contribution in [3.8, 4) is 11.5 Å². The first-order valence-electron chi connectivity index (χ1n) is 10.6. The lowest BCUT2D eigenvalue weighted by molar-refractivity contribution is 0.463. The van der Waals surface area contributed by atoms with Crippen LogP contribution in [0.5, 0.6) is 0 Å². The number of thiophene rings is 1. The lowest BCUT2D eigenvalue weighted by Gasteiger charge is -2.33. The van der Waals surface area contributed by atoms with E-state index in [4.69, 9.17) is 9.41 Å². The van der Waals surface area contributed by atoms with Crippen molar-refractivity contribution in [2.45, 2.75) is 39.3 Å². The van der Waals surface area contributed by atoms with Gasteiger partial charge in [-0.25, -0.2) is 9.98 Å². The molecule has 0 radical (unpaired) electrons. The van der Waals surface area contributed by atoms with Crippen molar-refractivity contribution in [1.29, 1.82) is 0 Å². The molecule has 0 atom stereocenters. The predicted molar refractivity (Wildman–Crippen MR) is 140 cm³/mol. The van der Waals surface area contributed by atoms with Gasteiger partial charge in [-0.2, -0.15) is 0 Å². The van der Waals surface area contributed by atoms with Gasteiger partial charge in [0.2, 0.25) is 5.89 Å². The van der Waals surface area contributed by atoms with Gasteiger partial charge >= 0.3 is 0 Å². The summed E-state index contributed by atoms with van der Waals surface area (Å²) in [5.41, 5.74) is 3.03. The minimum atomic E-state index is 0. The highest BCUT2D eigenvalue weighted by Gasteiger charge is 2.20. The van der Waals surface area contributed by atoms with E-state index in [1.165, 1.54) is 10.6 Å². The number of aryl methyl sites for hydroxylation is 1. The molecule has 1 saturated heterocycles. The van der Waals surface area contributed by atoms with Crippen LogP contribution in [0.15, 0.2) is 57.5 Å². The van der Waals surface area contributed by atoms with Gasteiger partial charge in [-0.05, 0) is 56.3 Å². The molecule has 0 unspecified atom stereocenters. The molecule has 6 nitrogen and oxygen atoms in total. The molecule has 31 heavy (non-hydrogen) atoms. The quantitative estimate of drug-likeness (QED) is 0.255. The van der Waals surface area contributed by atoms with E-state index >= 15 is 0 Å². The lowest BCUT2D eigenvalue weighted by Crippen LogP contribution is -2.48. The van der Waals surface area contributed by atoms with Gasteiger partial charge in [-0.1, -0.05) is 17.7 Å². The van der Waals surface area contributed by atoms with Crippen LogP contribution >= 0.6 is 35.3 Å². The Kier molecular flexibility index (Phi) is 8.77. The standard InChI is InChI=1S/C23H29N5OS.HI/c1-3-24-23(27-19-10-12-28(13-11-19)21-5-4-14-30-21)25-15-20-16-29-22(26-20)18-8-6-17(2)7-9-18;/h4-9,14,16,19H,3,10-13,15H2,1-2H3,(H2,24,25,27);1H. The molecular weight excluding hydrogens is 521 g/mol. The highest BCUT2D eigenvalue weighted by molar-refractivity contribution is 14.0. The second-order valence-corrected chi connectivity index (χ2v) is 8.49. The number of aliphatic imine (C=N–C) groups is 1. The van der Waals surface area contributed by atoms with Crippen molar-refractivity contribution >= 4 is 46.3 Å². The third kappa shape index (κ3) is 6.46. The summed E-state index contributed by atoms with van der Waals surface area (Å²) in [6.45, 7) is 7.61. The summed E-state index contributed by atoms with van der Waals surface area (Å²) in [4.78, 5) is 11.8. The zero-order valence-corrected chi connectivity index (χ0v) is 21.2. The minimum Gasteiger partial charge on any atom is -0.444 e. The van der Waals surface area contributed by atoms with Crippen LogP contribution in [0.25, 0.3) is 11.5 Å². The number of piperidine rings is 1. The molecule has 8 heteroatoms. The zero-order chi connectivity index (χ0) is 20.8. The number of aromatic nitrogens is 1. The summed E-state index contributed by atoms with van der Waals surface area (Å²) in [5.74, 6) is 1.48. The average Bonchev–Trinajstić information content (AvgIpc) is 3.46. The fourth-order valence-electron chi connectivity index (χ4n) is 3.58. The van der Waals surface area contributed by atoms with Gasteiger partial charge in [0, 0.05) is 31.2 Å². The summed E-state index contributed by atoms with van der Waals surface area (Å²) in [5, 5.41) is 10.5. The van der Waals surface area contributed by atoms with Crippen LogP contribution in [0, 0.1) is 6.92 Å². The van der Waals surface area contributed by atoms with Crippen LogP contribution in [0.3, 0.4) is 0 Å². The summed E-state index contributed by atoms with van der Waals surface area (Å²) in [6, 6.07) is 12.9. The van der Waals surface area contributed by atoms with Gasteiger partial charge in [0.25, 0.3) is 0 Å². The Morgan fingerprint density at radius 3 is 2.68 bits per heavy atom. The van der Waals surface area contributed by atoms with Crippen LogP contribution in [0.1, 0.15) is 31.0 Å². The van der Waals surface area contributed by atoms with Crippen molar-refractivity contribution in [3.63, 3.8) is 0 Å². The van der Waals surface area contributed by atoms with Crippen LogP contribution in [-0.4, -0.2) is 36.6 Å². The Bertz CT molecular complexity index is 947. The molecule has 0 amide bonds. The SMILES string of the molecule is CCNC(=NCc1coc(-c2ccc(C)cc2)n1)NC1CCN(c2cccs2)CC1.I. The largest absolute Gasteiger partial charge is 0.444 e. The molecule has 3 heterocycles. The van der Waals surface area contributed by atoms with E-state index in [0.29, 0.717) is 18.5 Å². The van der Waals surface area contributed by atoms with Crippen molar-refractivity contribution < 1.29 is 4.42 Å². The smallest absolute Gasteiger partial charge is 0.226 e. The molecule has 1 aliphatic rings. The van der Waals surface area contributed by atoms with Crippen molar-refractivity contribution in [1.82, 2.24) is 15.6 Å². The van der Waals surface area contributed by atoms with Gasteiger partial charge in [0.15, 0.2) is 5.96 Å². The predicted octanol–water partition coefficient (Wildman–Crippen LogP) is 5.05. The molecule has 0 aliphatic carbocycles. The monoisotopic (exact) mass is 551 g/mol. The molecule has 1 aliphatic heterocycles.